The Kier molecular flexibility index (Phi) is 3.47. The Morgan fingerprint density at radius 2 is 2.10 bits per heavy atom. The van der Waals surface area contributed by atoms with Gasteiger partial charge in [-0.3, -0.25) is 4.79 Å². The van der Waals surface area contributed by atoms with E-state index in [0.717, 1.165) is 12.0 Å². The molecule has 21 heavy (non-hydrogen) atoms. The lowest BCUT2D eigenvalue weighted by atomic mass is 9.98. The fourth-order valence-electron chi connectivity index (χ4n) is 2.44. The molecule has 0 unspecified atom stereocenters. The molecule has 0 radical (unpaired) electrons. The molecule has 0 spiro atoms. The summed E-state index contributed by atoms with van der Waals surface area (Å²) in [7, 11) is 1.54. The fourth-order valence-corrected chi connectivity index (χ4v) is 2.68. The average molecular weight is 304 g/mol. The molecule has 4 nitrogen and oxygen atoms in total. The molecule has 5 heteroatoms. The van der Waals surface area contributed by atoms with Gasteiger partial charge in [-0.15, -0.1) is 0 Å². The molecule has 0 amide bonds. The first-order valence-corrected chi connectivity index (χ1v) is 6.91. The van der Waals surface area contributed by atoms with Gasteiger partial charge in [-0.2, -0.15) is 0 Å². The Balaban J connectivity index is 2.11. The molecule has 0 atom stereocenters. The first kappa shape index (κ1) is 13.8. The maximum Gasteiger partial charge on any atom is 0.199 e. The largest absolute Gasteiger partial charge is 0.497 e. The van der Waals surface area contributed by atoms with Gasteiger partial charge in [0.15, 0.2) is 5.78 Å². The smallest absolute Gasteiger partial charge is 0.199 e. The van der Waals surface area contributed by atoms with Crippen molar-refractivity contribution in [3.05, 3.63) is 52.0 Å². The van der Waals surface area contributed by atoms with Crippen LogP contribution in [0, 0.1) is 0 Å². The summed E-state index contributed by atoms with van der Waals surface area (Å²) in [5.74, 6) is 0.964. The summed E-state index contributed by atoms with van der Waals surface area (Å²) in [6, 6.07) is 8.44. The number of carbonyl (C=O) groups is 1. The van der Waals surface area contributed by atoms with Crippen molar-refractivity contribution in [1.82, 2.24) is 0 Å². The van der Waals surface area contributed by atoms with Crippen molar-refractivity contribution >= 4 is 23.1 Å². The molecule has 2 N–H and O–H groups in total. The molecule has 0 aromatic heterocycles. The zero-order valence-electron chi connectivity index (χ0n) is 11.5. The van der Waals surface area contributed by atoms with E-state index < -0.39 is 0 Å². The number of hydrogen-bond acceptors (Lipinski definition) is 4. The maximum absolute atomic E-state index is 12.8. The SMILES string of the molecule is COc1ccc(N)c(C(=O)c2cc(Cl)cc3c2OCC3)c1. The van der Waals surface area contributed by atoms with E-state index in [9.17, 15) is 4.79 Å². The maximum atomic E-state index is 12.8. The lowest BCUT2D eigenvalue weighted by Crippen LogP contribution is -2.07. The van der Waals surface area contributed by atoms with Crippen LogP contribution in [0.15, 0.2) is 30.3 Å². The Bertz CT molecular complexity index is 728. The second kappa shape index (κ2) is 5.30. The molecule has 2 aromatic rings. The molecule has 3 rings (SSSR count). The number of ketones is 1. The highest BCUT2D eigenvalue weighted by atomic mass is 35.5. The van der Waals surface area contributed by atoms with Crippen molar-refractivity contribution < 1.29 is 14.3 Å². The lowest BCUT2D eigenvalue weighted by molar-refractivity contribution is 0.103. The van der Waals surface area contributed by atoms with Crippen LogP contribution < -0.4 is 15.2 Å². The van der Waals surface area contributed by atoms with Crippen LogP contribution in [0.3, 0.4) is 0 Å². The summed E-state index contributed by atoms with van der Waals surface area (Å²) in [4.78, 5) is 12.8. The zero-order valence-corrected chi connectivity index (χ0v) is 12.2. The van der Waals surface area contributed by atoms with Crippen LogP contribution in [0.2, 0.25) is 5.02 Å². The molecule has 0 aliphatic carbocycles. The molecule has 1 heterocycles. The second-order valence-electron chi connectivity index (χ2n) is 4.82. The minimum Gasteiger partial charge on any atom is -0.497 e. The van der Waals surface area contributed by atoms with Gasteiger partial charge in [0.05, 0.1) is 19.3 Å². The van der Waals surface area contributed by atoms with Crippen LogP contribution >= 0.6 is 11.6 Å². The van der Waals surface area contributed by atoms with Crippen LogP contribution in [-0.2, 0) is 6.42 Å². The van der Waals surface area contributed by atoms with Crippen LogP contribution in [0.4, 0.5) is 5.69 Å². The van der Waals surface area contributed by atoms with Crippen LogP contribution in [0.25, 0.3) is 0 Å². The van der Waals surface area contributed by atoms with E-state index in [0.29, 0.717) is 39.9 Å². The number of rotatable bonds is 3. The Hall–Kier alpha value is -2.20. The number of carbonyl (C=O) groups excluding carboxylic acids is 1. The summed E-state index contributed by atoms with van der Waals surface area (Å²) in [5, 5.41) is 0.518. The Labute approximate surface area is 127 Å². The van der Waals surface area contributed by atoms with Crippen molar-refractivity contribution in [2.45, 2.75) is 6.42 Å². The number of fused-ring (bicyclic) bond motifs is 1. The fraction of sp³-hybridized carbons (Fsp3) is 0.188. The number of halogens is 1. The van der Waals surface area contributed by atoms with E-state index in [1.165, 1.54) is 0 Å². The topological polar surface area (TPSA) is 61.5 Å². The van der Waals surface area contributed by atoms with E-state index in [1.54, 1.807) is 31.4 Å². The highest BCUT2D eigenvalue weighted by Crippen LogP contribution is 2.35. The highest BCUT2D eigenvalue weighted by Gasteiger charge is 2.24. The second-order valence-corrected chi connectivity index (χ2v) is 5.26. The van der Waals surface area contributed by atoms with Crippen molar-refractivity contribution in [1.29, 1.82) is 0 Å². The molecule has 1 aliphatic rings. The summed E-state index contributed by atoms with van der Waals surface area (Å²) in [5.41, 5.74) is 8.09. The van der Waals surface area contributed by atoms with E-state index in [2.05, 4.69) is 0 Å². The number of nitrogens with two attached hydrogens (primary N) is 1. The number of anilines is 1. The predicted octanol–water partition coefficient (Wildman–Crippen LogP) is 3.10. The average Bonchev–Trinajstić information content (AvgIpc) is 2.94. The summed E-state index contributed by atoms with van der Waals surface area (Å²) >= 11 is 6.09. The molecule has 0 fully saturated rings. The van der Waals surface area contributed by atoms with Gasteiger partial charge < -0.3 is 15.2 Å². The lowest BCUT2D eigenvalue weighted by Gasteiger charge is -2.11. The monoisotopic (exact) mass is 303 g/mol. The van der Waals surface area contributed by atoms with Crippen LogP contribution in [-0.4, -0.2) is 19.5 Å². The molecule has 0 saturated carbocycles. The van der Waals surface area contributed by atoms with Gasteiger partial charge >= 0.3 is 0 Å². The summed E-state index contributed by atoms with van der Waals surface area (Å²) in [6.45, 7) is 0.559. The predicted molar refractivity (Wildman–Crippen MR) is 81.5 cm³/mol. The van der Waals surface area contributed by atoms with Gasteiger partial charge in [0.1, 0.15) is 11.5 Å². The molecular formula is C16H14ClNO3. The Morgan fingerprint density at radius 1 is 1.29 bits per heavy atom. The normalized spacial score (nSPS) is 12.7. The molecule has 1 aliphatic heterocycles. The Morgan fingerprint density at radius 3 is 2.86 bits per heavy atom. The van der Waals surface area contributed by atoms with E-state index in [1.807, 2.05) is 6.07 Å². The van der Waals surface area contributed by atoms with E-state index in [4.69, 9.17) is 26.8 Å². The van der Waals surface area contributed by atoms with Crippen molar-refractivity contribution in [2.24, 2.45) is 0 Å². The first-order chi connectivity index (χ1) is 10.1. The molecule has 2 aromatic carbocycles. The van der Waals surface area contributed by atoms with E-state index in [-0.39, 0.29) is 5.78 Å². The number of ether oxygens (including phenoxy) is 2. The third-order valence-corrected chi connectivity index (χ3v) is 3.72. The van der Waals surface area contributed by atoms with Crippen LogP contribution in [0.5, 0.6) is 11.5 Å². The number of benzene rings is 2. The van der Waals surface area contributed by atoms with Crippen LogP contribution in [0.1, 0.15) is 21.5 Å². The first-order valence-electron chi connectivity index (χ1n) is 6.53. The summed E-state index contributed by atoms with van der Waals surface area (Å²) in [6.07, 6.45) is 0.754. The number of methoxy groups -OCH3 is 1. The quantitative estimate of drug-likeness (QED) is 0.699. The van der Waals surface area contributed by atoms with E-state index >= 15 is 0 Å². The third kappa shape index (κ3) is 2.43. The zero-order chi connectivity index (χ0) is 15.0. The summed E-state index contributed by atoms with van der Waals surface area (Å²) < 4.78 is 10.7. The minimum atomic E-state index is -0.216. The van der Waals surface area contributed by atoms with Gasteiger partial charge in [-0.1, -0.05) is 11.6 Å². The minimum absolute atomic E-state index is 0.216. The van der Waals surface area contributed by atoms with Gasteiger partial charge in [-0.05, 0) is 35.9 Å². The standard InChI is InChI=1S/C16H14ClNO3/c1-20-11-2-3-14(18)12(8-11)15(19)13-7-10(17)6-9-4-5-21-16(9)13/h2-3,6-8H,4-5,18H2,1H3. The van der Waals surface area contributed by atoms with Crippen molar-refractivity contribution in [2.75, 3.05) is 19.5 Å². The highest BCUT2D eigenvalue weighted by molar-refractivity contribution is 6.31. The molecule has 0 bridgehead atoms. The molecular weight excluding hydrogens is 290 g/mol. The van der Waals surface area contributed by atoms with Crippen molar-refractivity contribution in [3.63, 3.8) is 0 Å². The van der Waals surface area contributed by atoms with Gasteiger partial charge in [0.25, 0.3) is 0 Å². The molecule has 0 saturated heterocycles. The van der Waals surface area contributed by atoms with Crippen molar-refractivity contribution in [3.8, 4) is 11.5 Å². The molecule has 108 valence electrons. The van der Waals surface area contributed by atoms with Gasteiger partial charge in [0, 0.05) is 22.7 Å². The number of hydrogen-bond donors (Lipinski definition) is 1. The van der Waals surface area contributed by atoms with Gasteiger partial charge in [-0.25, -0.2) is 0 Å². The van der Waals surface area contributed by atoms with Gasteiger partial charge in [0.2, 0.25) is 0 Å². The third-order valence-electron chi connectivity index (χ3n) is 3.50. The number of nitrogen functional groups attached to an aromatic ring is 1.